The smallest absolute Gasteiger partial charge is 0.259 e. The lowest BCUT2D eigenvalue weighted by atomic mass is 10.1. The van der Waals surface area contributed by atoms with Crippen molar-refractivity contribution in [1.82, 2.24) is 0 Å². The van der Waals surface area contributed by atoms with Gasteiger partial charge in [0.15, 0.2) is 0 Å². The fraction of sp³-hybridized carbons (Fsp3) is 0.0714. The van der Waals surface area contributed by atoms with E-state index in [0.717, 1.165) is 12.1 Å². The summed E-state index contributed by atoms with van der Waals surface area (Å²) in [6.07, 6.45) is 0. The maximum Gasteiger partial charge on any atom is 0.259 e. The summed E-state index contributed by atoms with van der Waals surface area (Å²) in [6.45, 7) is 1.67. The van der Waals surface area contributed by atoms with Crippen molar-refractivity contribution in [3.05, 3.63) is 57.3 Å². The number of para-hydroxylation sites is 1. The van der Waals surface area contributed by atoms with E-state index < -0.39 is 11.7 Å². The number of phenolic OH excluding ortho intramolecular Hbond substituents is 1. The highest BCUT2D eigenvalue weighted by molar-refractivity contribution is 6.40. The minimum Gasteiger partial charge on any atom is -0.507 e. The molecule has 0 aromatic heterocycles. The number of phenols is 1. The van der Waals surface area contributed by atoms with E-state index >= 15 is 0 Å². The summed E-state index contributed by atoms with van der Waals surface area (Å²) in [4.78, 5) is 12.1. The maximum absolute atomic E-state index is 13.1. The van der Waals surface area contributed by atoms with Crippen LogP contribution in [0.4, 0.5) is 10.1 Å². The number of nitrogens with one attached hydrogen (secondary N) is 1. The minimum absolute atomic E-state index is 0.0181. The summed E-state index contributed by atoms with van der Waals surface area (Å²) >= 11 is 11.7. The second kappa shape index (κ2) is 5.69. The van der Waals surface area contributed by atoms with Crippen LogP contribution in [0.15, 0.2) is 30.3 Å². The van der Waals surface area contributed by atoms with Crippen LogP contribution < -0.4 is 5.32 Å². The molecule has 2 rings (SSSR count). The quantitative estimate of drug-likeness (QED) is 0.863. The molecular weight excluding hydrogens is 304 g/mol. The van der Waals surface area contributed by atoms with E-state index in [1.54, 1.807) is 19.1 Å². The number of aryl methyl sites for hydroxylation is 1. The molecule has 0 heterocycles. The lowest BCUT2D eigenvalue weighted by molar-refractivity contribution is 0.102. The number of anilines is 1. The maximum atomic E-state index is 13.1. The first-order valence-corrected chi connectivity index (χ1v) is 6.40. The predicted octanol–water partition coefficient (Wildman–Crippen LogP) is 4.40. The van der Waals surface area contributed by atoms with E-state index in [1.165, 1.54) is 6.07 Å². The second-order valence-electron chi connectivity index (χ2n) is 4.17. The number of amides is 1. The fourth-order valence-electron chi connectivity index (χ4n) is 1.68. The molecule has 0 saturated heterocycles. The van der Waals surface area contributed by atoms with Crippen LogP contribution in [0.25, 0.3) is 0 Å². The topological polar surface area (TPSA) is 49.3 Å². The number of aromatic hydroxyl groups is 1. The normalized spacial score (nSPS) is 10.4. The van der Waals surface area contributed by atoms with Gasteiger partial charge in [0.1, 0.15) is 11.6 Å². The van der Waals surface area contributed by atoms with E-state index in [0.29, 0.717) is 5.56 Å². The number of hydrogen-bond acceptors (Lipinski definition) is 2. The number of carbonyl (C=O) groups excluding carboxylic acids is 1. The SMILES string of the molecule is Cc1cccc(C(=O)Nc2c(Cl)cc(F)cc2Cl)c1O. The molecule has 0 atom stereocenters. The minimum atomic E-state index is -0.601. The van der Waals surface area contributed by atoms with E-state index in [4.69, 9.17) is 23.2 Å². The van der Waals surface area contributed by atoms with Gasteiger partial charge in [-0.25, -0.2) is 4.39 Å². The Labute approximate surface area is 124 Å². The van der Waals surface area contributed by atoms with E-state index in [2.05, 4.69) is 5.32 Å². The van der Waals surface area contributed by atoms with Crippen molar-refractivity contribution in [3.8, 4) is 5.75 Å². The molecule has 1 amide bonds. The summed E-state index contributed by atoms with van der Waals surface area (Å²) in [5, 5.41) is 12.3. The van der Waals surface area contributed by atoms with Crippen LogP contribution in [0.1, 0.15) is 15.9 Å². The van der Waals surface area contributed by atoms with Crippen molar-refractivity contribution in [1.29, 1.82) is 0 Å². The largest absolute Gasteiger partial charge is 0.507 e. The van der Waals surface area contributed by atoms with E-state index in [9.17, 15) is 14.3 Å². The van der Waals surface area contributed by atoms with Crippen LogP contribution in [-0.4, -0.2) is 11.0 Å². The number of hydrogen-bond donors (Lipinski definition) is 2. The average molecular weight is 314 g/mol. The number of rotatable bonds is 2. The van der Waals surface area contributed by atoms with Crippen molar-refractivity contribution < 1.29 is 14.3 Å². The molecule has 0 radical (unpaired) electrons. The first-order valence-electron chi connectivity index (χ1n) is 5.64. The Hall–Kier alpha value is -1.78. The Bertz CT molecular complexity index is 666. The summed E-state index contributed by atoms with van der Waals surface area (Å²) in [6, 6.07) is 6.85. The monoisotopic (exact) mass is 313 g/mol. The Morgan fingerprint density at radius 3 is 2.45 bits per heavy atom. The molecule has 6 heteroatoms. The van der Waals surface area contributed by atoms with E-state index in [-0.39, 0.29) is 27.0 Å². The van der Waals surface area contributed by atoms with Crippen molar-refractivity contribution in [3.63, 3.8) is 0 Å². The lowest BCUT2D eigenvalue weighted by Crippen LogP contribution is -2.13. The van der Waals surface area contributed by atoms with Crippen LogP contribution >= 0.6 is 23.2 Å². The highest BCUT2D eigenvalue weighted by Crippen LogP contribution is 2.32. The molecule has 104 valence electrons. The third-order valence-corrected chi connectivity index (χ3v) is 3.32. The van der Waals surface area contributed by atoms with Crippen molar-refractivity contribution in [2.75, 3.05) is 5.32 Å². The third kappa shape index (κ3) is 2.86. The van der Waals surface area contributed by atoms with Gasteiger partial charge in [-0.2, -0.15) is 0 Å². The van der Waals surface area contributed by atoms with Gasteiger partial charge in [0.05, 0.1) is 21.3 Å². The first-order chi connectivity index (χ1) is 9.40. The van der Waals surface area contributed by atoms with Gasteiger partial charge in [-0.05, 0) is 30.7 Å². The molecule has 0 unspecified atom stereocenters. The number of halogens is 3. The van der Waals surface area contributed by atoms with Crippen molar-refractivity contribution >= 4 is 34.8 Å². The highest BCUT2D eigenvalue weighted by atomic mass is 35.5. The highest BCUT2D eigenvalue weighted by Gasteiger charge is 2.16. The molecule has 2 N–H and O–H groups in total. The number of benzene rings is 2. The summed E-state index contributed by atoms with van der Waals surface area (Å²) in [5.74, 6) is -1.31. The second-order valence-corrected chi connectivity index (χ2v) is 4.98. The zero-order chi connectivity index (χ0) is 14.9. The molecule has 3 nitrogen and oxygen atoms in total. The molecule has 2 aromatic rings. The zero-order valence-corrected chi connectivity index (χ0v) is 11.9. The average Bonchev–Trinajstić information content (AvgIpc) is 2.36. The van der Waals surface area contributed by atoms with Gasteiger partial charge in [-0.1, -0.05) is 35.3 Å². The van der Waals surface area contributed by atoms with Gasteiger partial charge < -0.3 is 10.4 Å². The standard InChI is InChI=1S/C14H10Cl2FNO2/c1-7-3-2-4-9(13(7)19)14(20)18-12-10(15)5-8(17)6-11(12)16/h2-6,19H,1H3,(H,18,20). The van der Waals surface area contributed by atoms with Crippen LogP contribution in [-0.2, 0) is 0 Å². The Morgan fingerprint density at radius 1 is 1.25 bits per heavy atom. The molecule has 0 fully saturated rings. The van der Waals surface area contributed by atoms with Crippen LogP contribution in [0.5, 0.6) is 5.75 Å². The van der Waals surface area contributed by atoms with Crippen LogP contribution in [0.3, 0.4) is 0 Å². The third-order valence-electron chi connectivity index (χ3n) is 2.73. The molecule has 2 aromatic carbocycles. The van der Waals surface area contributed by atoms with Gasteiger partial charge in [-0.15, -0.1) is 0 Å². The molecule has 0 aliphatic heterocycles. The molecule has 20 heavy (non-hydrogen) atoms. The zero-order valence-electron chi connectivity index (χ0n) is 10.4. The lowest BCUT2D eigenvalue weighted by Gasteiger charge is -2.11. The molecule has 0 saturated carbocycles. The van der Waals surface area contributed by atoms with Gasteiger partial charge in [0.2, 0.25) is 0 Å². The first kappa shape index (κ1) is 14.6. The molecule has 0 spiro atoms. The Balaban J connectivity index is 2.36. The van der Waals surface area contributed by atoms with Crippen LogP contribution in [0.2, 0.25) is 10.0 Å². The molecule has 0 bridgehead atoms. The van der Waals surface area contributed by atoms with Gasteiger partial charge in [0, 0.05) is 0 Å². The van der Waals surface area contributed by atoms with Crippen LogP contribution in [0, 0.1) is 12.7 Å². The molecule has 0 aliphatic rings. The molecule has 0 aliphatic carbocycles. The number of carbonyl (C=O) groups is 1. The summed E-state index contributed by atoms with van der Waals surface area (Å²) in [7, 11) is 0. The van der Waals surface area contributed by atoms with Gasteiger partial charge in [0.25, 0.3) is 5.91 Å². The fourth-order valence-corrected chi connectivity index (χ4v) is 2.24. The van der Waals surface area contributed by atoms with Gasteiger partial charge >= 0.3 is 0 Å². The van der Waals surface area contributed by atoms with Crippen molar-refractivity contribution in [2.24, 2.45) is 0 Å². The Kier molecular flexibility index (Phi) is 4.16. The Morgan fingerprint density at radius 2 is 1.85 bits per heavy atom. The summed E-state index contributed by atoms with van der Waals surface area (Å²) in [5.41, 5.74) is 0.746. The van der Waals surface area contributed by atoms with Gasteiger partial charge in [-0.3, -0.25) is 4.79 Å². The van der Waals surface area contributed by atoms with Crippen molar-refractivity contribution in [2.45, 2.75) is 6.92 Å². The summed E-state index contributed by atoms with van der Waals surface area (Å²) < 4.78 is 13.1. The van der Waals surface area contributed by atoms with E-state index in [1.807, 2.05) is 0 Å². The predicted molar refractivity (Wildman–Crippen MR) is 77.2 cm³/mol. The molecular formula is C14H10Cl2FNO2.